The van der Waals surface area contributed by atoms with Crippen LogP contribution in [0.25, 0.3) is 22.8 Å². The Bertz CT molecular complexity index is 1500. The van der Waals surface area contributed by atoms with Gasteiger partial charge in [-0.15, -0.1) is 0 Å². The molecule has 1 aromatic carbocycles. The quantitative estimate of drug-likeness (QED) is 0.360. The van der Waals surface area contributed by atoms with Crippen molar-refractivity contribution in [3.8, 4) is 34.4 Å². The van der Waals surface area contributed by atoms with Crippen LogP contribution in [-0.4, -0.2) is 43.6 Å². The van der Waals surface area contributed by atoms with E-state index in [-0.39, 0.29) is 23.4 Å². The van der Waals surface area contributed by atoms with E-state index >= 15 is 0 Å². The van der Waals surface area contributed by atoms with Crippen molar-refractivity contribution in [2.75, 3.05) is 14.1 Å². The van der Waals surface area contributed by atoms with Crippen molar-refractivity contribution in [1.29, 1.82) is 0 Å². The normalized spacial score (nSPS) is 15.2. The number of alkyl halides is 3. The molecular weight excluding hydrogens is 473 g/mol. The molecule has 0 N–H and O–H groups in total. The van der Waals surface area contributed by atoms with Crippen molar-refractivity contribution in [1.82, 2.24) is 29.5 Å². The van der Waals surface area contributed by atoms with Gasteiger partial charge in [-0.25, -0.2) is 24.9 Å². The number of methoxy groups -OCH3 is 2. The first kappa shape index (κ1) is 20.2. The van der Waals surface area contributed by atoms with E-state index in [0.29, 0.717) is 34.7 Å². The van der Waals surface area contributed by atoms with Gasteiger partial charge in [-0.2, -0.15) is 13.2 Å². The van der Waals surface area contributed by atoms with E-state index in [2.05, 4.69) is 24.9 Å². The number of ether oxygens (including phenoxy) is 2. The second-order valence-corrected chi connectivity index (χ2v) is 8.46. The van der Waals surface area contributed by atoms with E-state index in [1.807, 2.05) is 0 Å². The molecule has 0 bridgehead atoms. The van der Waals surface area contributed by atoms with Gasteiger partial charge in [-0.1, -0.05) is 24.3 Å². The summed E-state index contributed by atoms with van der Waals surface area (Å²) < 4.78 is 73.7. The Balaban J connectivity index is 1.48. The third-order valence-corrected chi connectivity index (χ3v) is 5.93. The van der Waals surface area contributed by atoms with Crippen LogP contribution in [0, 0.1) is 0 Å². The fourth-order valence-electron chi connectivity index (χ4n) is 4.00. The zero-order valence-electron chi connectivity index (χ0n) is 22.4. The molecule has 0 atom stereocenters. The number of imidazole rings is 1. The summed E-state index contributed by atoms with van der Waals surface area (Å²) in [6, 6.07) is 6.90. The second-order valence-electron chi connectivity index (χ2n) is 8.46. The first-order valence-electron chi connectivity index (χ1n) is 12.6. The molecule has 11 heteroatoms. The second kappa shape index (κ2) is 9.21. The highest BCUT2D eigenvalue weighted by Crippen LogP contribution is 2.45. The number of hydrogen-bond donors (Lipinski definition) is 0. The van der Waals surface area contributed by atoms with Gasteiger partial charge in [0.25, 0.3) is 0 Å². The number of nitrogens with zero attached hydrogens (tertiary/aromatic N) is 6. The van der Waals surface area contributed by atoms with E-state index < -0.39 is 18.9 Å². The topological polar surface area (TPSA) is 87.8 Å². The highest BCUT2D eigenvalue weighted by molar-refractivity contribution is 5.66. The maximum atomic E-state index is 13.1. The van der Waals surface area contributed by atoms with Crippen LogP contribution in [0.3, 0.4) is 0 Å². The number of benzene rings is 1. The number of hydrogen-bond acceptors (Lipinski definition) is 7. The van der Waals surface area contributed by atoms with E-state index in [0.717, 1.165) is 24.6 Å². The molecule has 3 aromatic heterocycles. The third-order valence-electron chi connectivity index (χ3n) is 5.93. The number of rotatable bonds is 7. The smallest absolute Gasteiger partial charge is 0.434 e. The van der Waals surface area contributed by atoms with Crippen molar-refractivity contribution in [2.24, 2.45) is 7.05 Å². The first-order chi connectivity index (χ1) is 18.4. The van der Waals surface area contributed by atoms with Gasteiger partial charge in [-0.3, -0.25) is 0 Å². The van der Waals surface area contributed by atoms with Crippen LogP contribution in [0.1, 0.15) is 45.5 Å². The Hall–Kier alpha value is -4.02. The van der Waals surface area contributed by atoms with Gasteiger partial charge in [0, 0.05) is 31.1 Å². The molecule has 1 aliphatic rings. The molecule has 186 valence electrons. The lowest BCUT2D eigenvalue weighted by Crippen LogP contribution is -2.05. The Morgan fingerprint density at radius 3 is 2.50 bits per heavy atom. The van der Waals surface area contributed by atoms with E-state index in [4.69, 9.17) is 13.6 Å². The van der Waals surface area contributed by atoms with Crippen LogP contribution >= 0.6 is 0 Å². The van der Waals surface area contributed by atoms with Crippen LogP contribution in [0.5, 0.6) is 11.6 Å². The lowest BCUT2D eigenvalue weighted by molar-refractivity contribution is -0.140. The monoisotopic (exact) mass is 499 g/mol. The summed E-state index contributed by atoms with van der Waals surface area (Å²) in [7, 11) is 0.260. The molecule has 0 amide bonds. The molecule has 8 nitrogen and oxygen atoms in total. The minimum atomic E-state index is -4.53. The van der Waals surface area contributed by atoms with Crippen molar-refractivity contribution in [3.05, 3.63) is 65.6 Å². The van der Waals surface area contributed by atoms with Gasteiger partial charge in [0.2, 0.25) is 5.88 Å². The van der Waals surface area contributed by atoms with Gasteiger partial charge < -0.3 is 14.0 Å². The van der Waals surface area contributed by atoms with Crippen molar-refractivity contribution in [3.63, 3.8) is 0 Å². The SMILES string of the molecule is [2H]C([2H])([2H])Oc1ncnc(C2CC2)c1-c1ncc(OC)c(Cc2ccc(-c3nc(C(F)(F)F)cn3C)cc2)n1. The van der Waals surface area contributed by atoms with Gasteiger partial charge in [0.1, 0.15) is 17.7 Å². The Morgan fingerprint density at radius 1 is 1.08 bits per heavy atom. The maximum absolute atomic E-state index is 13.1. The van der Waals surface area contributed by atoms with Crippen molar-refractivity contribution < 1.29 is 26.8 Å². The molecule has 3 heterocycles. The number of aromatic nitrogens is 6. The van der Waals surface area contributed by atoms with Gasteiger partial charge in [-0.05, 0) is 18.4 Å². The molecule has 0 spiro atoms. The number of halogens is 3. The van der Waals surface area contributed by atoms with Gasteiger partial charge >= 0.3 is 6.18 Å². The first-order valence-corrected chi connectivity index (χ1v) is 11.1. The highest BCUT2D eigenvalue weighted by atomic mass is 19.4. The fourth-order valence-corrected chi connectivity index (χ4v) is 4.00. The van der Waals surface area contributed by atoms with Crippen molar-refractivity contribution in [2.45, 2.75) is 31.4 Å². The van der Waals surface area contributed by atoms with Gasteiger partial charge in [0.05, 0.1) is 35.8 Å². The van der Waals surface area contributed by atoms with E-state index in [1.165, 1.54) is 31.2 Å². The molecule has 4 aromatic rings. The lowest BCUT2D eigenvalue weighted by atomic mass is 10.1. The largest absolute Gasteiger partial charge is 0.493 e. The molecule has 1 fully saturated rings. The molecule has 1 aliphatic carbocycles. The minimum absolute atomic E-state index is 0.124. The Morgan fingerprint density at radius 2 is 1.86 bits per heavy atom. The standard InChI is InChI=1S/C25H23F3N6O2/c1-34-12-19(25(26,27)28)33-23(34)16-6-4-14(5-7-16)10-17-18(35-2)11-29-22(32-17)20-21(15-8-9-15)30-13-31-24(20)36-3/h4-7,11-13,15H,8-10H2,1-3H3/i3D3. The fraction of sp³-hybridized carbons (Fsp3) is 0.320. The van der Waals surface area contributed by atoms with Crippen molar-refractivity contribution >= 4 is 0 Å². The maximum Gasteiger partial charge on any atom is 0.434 e. The average molecular weight is 500 g/mol. The molecule has 5 rings (SSSR count). The van der Waals surface area contributed by atoms with Crippen LogP contribution in [0.2, 0.25) is 0 Å². The highest BCUT2D eigenvalue weighted by Gasteiger charge is 2.34. The molecule has 0 saturated heterocycles. The summed E-state index contributed by atoms with van der Waals surface area (Å²) in [4.78, 5) is 21.2. The predicted octanol–water partition coefficient (Wildman–Crippen LogP) is 4.84. The van der Waals surface area contributed by atoms with Gasteiger partial charge in [0.15, 0.2) is 17.3 Å². The van der Waals surface area contributed by atoms with Crippen LogP contribution in [0.15, 0.2) is 43.0 Å². The summed E-state index contributed by atoms with van der Waals surface area (Å²) >= 11 is 0. The third kappa shape index (κ3) is 4.60. The summed E-state index contributed by atoms with van der Waals surface area (Å²) in [5.74, 6) is 0.810. The van der Waals surface area contributed by atoms with Crippen LogP contribution in [-0.2, 0) is 19.6 Å². The van der Waals surface area contributed by atoms with E-state index in [1.54, 1.807) is 24.3 Å². The minimum Gasteiger partial charge on any atom is -0.493 e. The molecule has 0 radical (unpaired) electrons. The zero-order chi connectivity index (χ0) is 27.9. The summed E-state index contributed by atoms with van der Waals surface area (Å²) in [5.41, 5.74) is 1.83. The summed E-state index contributed by atoms with van der Waals surface area (Å²) in [6.07, 6.45) is 1.26. The molecule has 1 saturated carbocycles. The molecule has 0 aliphatic heterocycles. The van der Waals surface area contributed by atoms with E-state index in [9.17, 15) is 13.2 Å². The Labute approximate surface area is 209 Å². The number of aryl methyl sites for hydroxylation is 1. The van der Waals surface area contributed by atoms with Crippen LogP contribution in [0.4, 0.5) is 13.2 Å². The zero-order valence-corrected chi connectivity index (χ0v) is 19.4. The predicted molar refractivity (Wildman–Crippen MR) is 125 cm³/mol. The van der Waals surface area contributed by atoms with Crippen LogP contribution < -0.4 is 9.47 Å². The molecule has 36 heavy (non-hydrogen) atoms. The molecular formula is C25H23F3N6O2. The molecule has 0 unspecified atom stereocenters. The lowest BCUT2D eigenvalue weighted by Gasteiger charge is -2.13. The summed E-state index contributed by atoms with van der Waals surface area (Å²) in [6.45, 7) is 0. The summed E-state index contributed by atoms with van der Waals surface area (Å²) in [5, 5.41) is 0. The average Bonchev–Trinajstić information content (AvgIpc) is 3.64. The Kier molecular flexibility index (Phi) is 5.17.